The second-order valence-corrected chi connectivity index (χ2v) is 15.8. The van der Waals surface area contributed by atoms with Crippen molar-refractivity contribution in [3.05, 3.63) is 0 Å². The van der Waals surface area contributed by atoms with E-state index in [0.717, 1.165) is 38.8 Å². The summed E-state index contributed by atoms with van der Waals surface area (Å²) in [5.41, 5.74) is 6.58. The molecule has 0 radical (unpaired) electrons. The predicted molar refractivity (Wildman–Crippen MR) is 142 cm³/mol. The molecule has 4 heterocycles. The Kier molecular flexibility index (Phi) is 7.95. The number of ether oxygens (including phenoxy) is 1. The van der Waals surface area contributed by atoms with Crippen LogP contribution in [0.3, 0.4) is 0 Å². The van der Waals surface area contributed by atoms with Crippen LogP contribution in [0, 0.1) is 35.0 Å². The first-order valence-corrected chi connectivity index (χ1v) is 16.8. The van der Waals surface area contributed by atoms with Crippen LogP contribution in [-0.4, -0.2) is 112 Å². The molecule has 6 aliphatic rings. The summed E-state index contributed by atoms with van der Waals surface area (Å²) in [6.07, 6.45) is 1.04. The third-order valence-corrected chi connectivity index (χ3v) is 12.7. The van der Waals surface area contributed by atoms with E-state index in [2.05, 4.69) is 22.8 Å². The third kappa shape index (κ3) is 5.67. The molecule has 1 amide bonds. The normalized spacial score (nSPS) is 40.6. The van der Waals surface area contributed by atoms with Gasteiger partial charge < -0.3 is 14.5 Å². The number of amides is 1. The zero-order chi connectivity index (χ0) is 28.3. The summed E-state index contributed by atoms with van der Waals surface area (Å²) in [4.78, 5) is 19.9. The minimum atomic E-state index is -4.35. The lowest BCUT2D eigenvalue weighted by atomic mass is 9.64. The van der Waals surface area contributed by atoms with Crippen LogP contribution in [0.4, 0.5) is 13.2 Å². The molecule has 7 unspecified atom stereocenters. The van der Waals surface area contributed by atoms with Gasteiger partial charge in [0.2, 0.25) is 5.91 Å². The average molecular weight is 592 g/mol. The molecule has 9 nitrogen and oxygen atoms in total. The molecule has 0 aromatic rings. The summed E-state index contributed by atoms with van der Waals surface area (Å²) in [5.74, 6) is -2.61. The van der Waals surface area contributed by atoms with Crippen molar-refractivity contribution in [2.45, 2.75) is 63.3 Å². The number of alkyl halides is 3. The molecule has 40 heavy (non-hydrogen) atoms. The van der Waals surface area contributed by atoms with Crippen molar-refractivity contribution in [2.75, 3.05) is 64.6 Å². The van der Waals surface area contributed by atoms with Crippen molar-refractivity contribution >= 4 is 15.7 Å². The fourth-order valence-corrected chi connectivity index (χ4v) is 9.93. The van der Waals surface area contributed by atoms with Gasteiger partial charge in [-0.05, 0) is 63.3 Å². The van der Waals surface area contributed by atoms with E-state index in [1.54, 1.807) is 0 Å². The van der Waals surface area contributed by atoms with Gasteiger partial charge >= 0.3 is 6.18 Å². The van der Waals surface area contributed by atoms with Crippen LogP contribution in [0.25, 0.3) is 0 Å². The third-order valence-electron chi connectivity index (χ3n) is 11.1. The smallest absolute Gasteiger partial charge is 0.380 e. The number of fused-ring (bicyclic) bond motifs is 1. The van der Waals surface area contributed by atoms with Gasteiger partial charge in [0.05, 0.1) is 43.5 Å². The molecule has 0 spiro atoms. The van der Waals surface area contributed by atoms with Gasteiger partial charge in [-0.1, -0.05) is 6.42 Å². The fourth-order valence-electron chi connectivity index (χ4n) is 8.65. The van der Waals surface area contributed by atoms with Gasteiger partial charge in [-0.25, -0.2) is 19.3 Å². The van der Waals surface area contributed by atoms with Gasteiger partial charge in [0.25, 0.3) is 0 Å². The number of hydrazine groups is 1. The maximum atomic E-state index is 14.4. The maximum Gasteiger partial charge on any atom is 0.392 e. The molecular weight excluding hydrogens is 547 g/mol. The highest BCUT2D eigenvalue weighted by atomic mass is 32.2. The quantitative estimate of drug-likeness (QED) is 0.482. The summed E-state index contributed by atoms with van der Waals surface area (Å²) in [6, 6.07) is -0.0126. The summed E-state index contributed by atoms with van der Waals surface area (Å²) < 4.78 is 72.5. The molecule has 4 saturated heterocycles. The number of carbonyl (C=O) groups is 1. The number of nitrogens with one attached hydrogen (secondary N) is 2. The molecule has 0 aromatic heterocycles. The van der Waals surface area contributed by atoms with Crippen LogP contribution in [-0.2, 0) is 19.4 Å². The second kappa shape index (κ2) is 10.9. The number of rotatable bonds is 6. The van der Waals surface area contributed by atoms with E-state index in [4.69, 9.17) is 4.74 Å². The van der Waals surface area contributed by atoms with E-state index in [1.807, 2.05) is 9.80 Å². The number of nitrogens with zero attached hydrogens (tertiary/aromatic N) is 3. The SMILES string of the molecule is CN1CNNC1CC1(C2CCCC(N3CC4C(CC(CN5CCS(=O)(=O)CC5)CC4C(F)(F)F)C3=O)C2)COC1. The van der Waals surface area contributed by atoms with Crippen LogP contribution in [0.2, 0.25) is 0 Å². The summed E-state index contributed by atoms with van der Waals surface area (Å²) >= 11 is 0. The van der Waals surface area contributed by atoms with Crippen molar-refractivity contribution in [1.29, 1.82) is 0 Å². The lowest BCUT2D eigenvalue weighted by molar-refractivity contribution is -0.204. The average Bonchev–Trinajstić information content (AvgIpc) is 3.44. The highest BCUT2D eigenvalue weighted by Crippen LogP contribution is 2.53. The van der Waals surface area contributed by atoms with Crippen LogP contribution < -0.4 is 10.9 Å². The van der Waals surface area contributed by atoms with E-state index >= 15 is 0 Å². The van der Waals surface area contributed by atoms with Gasteiger partial charge in [-0.15, -0.1) is 0 Å². The van der Waals surface area contributed by atoms with Crippen molar-refractivity contribution in [3.63, 3.8) is 0 Å². The number of likely N-dealkylation sites (tertiary alicyclic amines) is 1. The van der Waals surface area contributed by atoms with Crippen molar-refractivity contribution in [2.24, 2.45) is 35.0 Å². The van der Waals surface area contributed by atoms with Crippen molar-refractivity contribution in [1.82, 2.24) is 25.6 Å². The van der Waals surface area contributed by atoms with Gasteiger partial charge in [-0.3, -0.25) is 9.69 Å². The zero-order valence-electron chi connectivity index (χ0n) is 23.4. The number of hydrogen-bond acceptors (Lipinski definition) is 8. The number of hydrogen-bond donors (Lipinski definition) is 2. The fraction of sp³-hybridized carbons (Fsp3) is 0.963. The Morgan fingerprint density at radius 3 is 2.48 bits per heavy atom. The molecule has 2 saturated carbocycles. The molecule has 6 fully saturated rings. The van der Waals surface area contributed by atoms with Gasteiger partial charge in [0.15, 0.2) is 9.84 Å². The molecular formula is C27H44F3N5O4S. The Bertz CT molecular complexity index is 1040. The van der Waals surface area contributed by atoms with Crippen LogP contribution in [0.15, 0.2) is 0 Å². The molecule has 2 aliphatic carbocycles. The second-order valence-electron chi connectivity index (χ2n) is 13.5. The molecule has 6 rings (SSSR count). The lowest BCUT2D eigenvalue weighted by Gasteiger charge is -2.52. The molecule has 4 aliphatic heterocycles. The van der Waals surface area contributed by atoms with Crippen molar-refractivity contribution in [3.8, 4) is 0 Å². The Morgan fingerprint density at radius 2 is 1.85 bits per heavy atom. The number of halogens is 3. The molecule has 228 valence electrons. The summed E-state index contributed by atoms with van der Waals surface area (Å²) in [7, 11) is -0.975. The van der Waals surface area contributed by atoms with Crippen LogP contribution >= 0.6 is 0 Å². The van der Waals surface area contributed by atoms with E-state index in [1.165, 1.54) is 0 Å². The first kappa shape index (κ1) is 29.1. The number of carbonyl (C=O) groups excluding carboxylic acids is 1. The van der Waals surface area contributed by atoms with E-state index < -0.39 is 33.8 Å². The van der Waals surface area contributed by atoms with Crippen LogP contribution in [0.1, 0.15) is 44.9 Å². The highest BCUT2D eigenvalue weighted by Gasteiger charge is 2.58. The molecule has 7 atom stereocenters. The van der Waals surface area contributed by atoms with Crippen molar-refractivity contribution < 1.29 is 31.1 Å². The lowest BCUT2D eigenvalue weighted by Crippen LogP contribution is -2.56. The Morgan fingerprint density at radius 1 is 1.10 bits per heavy atom. The minimum absolute atomic E-state index is 0.0126. The zero-order valence-corrected chi connectivity index (χ0v) is 24.2. The molecule has 0 bridgehead atoms. The number of sulfone groups is 1. The minimum Gasteiger partial charge on any atom is -0.380 e. The topological polar surface area (TPSA) is 94.2 Å². The standard InChI is InChI=1S/C27H44F3N5O4S/c1-33-17-31-32-24(33)12-26(15-39-16-26)19-3-2-4-20(11-19)35-14-22-21(25(35)36)9-18(10-23(22)27(28,29)30)13-34-5-7-40(37,38)8-6-34/h18-24,31-32H,2-17H2,1H3. The first-order chi connectivity index (χ1) is 18.9. The van der Waals surface area contributed by atoms with E-state index in [9.17, 15) is 26.4 Å². The largest absolute Gasteiger partial charge is 0.392 e. The Balaban J connectivity index is 1.14. The Labute approximate surface area is 235 Å². The first-order valence-electron chi connectivity index (χ1n) is 15.0. The molecule has 2 N–H and O–H groups in total. The van der Waals surface area contributed by atoms with E-state index in [-0.39, 0.29) is 53.9 Å². The molecule has 13 heteroatoms. The van der Waals surface area contributed by atoms with Gasteiger partial charge in [0.1, 0.15) is 0 Å². The predicted octanol–water partition coefficient (Wildman–Crippen LogP) is 1.67. The van der Waals surface area contributed by atoms with E-state index in [0.29, 0.717) is 45.2 Å². The monoisotopic (exact) mass is 591 g/mol. The van der Waals surface area contributed by atoms with Crippen LogP contribution in [0.5, 0.6) is 0 Å². The summed E-state index contributed by atoms with van der Waals surface area (Å²) in [6.45, 7) is 3.54. The van der Waals surface area contributed by atoms with Gasteiger partial charge in [0, 0.05) is 43.6 Å². The molecule has 0 aromatic carbocycles. The highest BCUT2D eigenvalue weighted by molar-refractivity contribution is 7.91. The Hall–Kier alpha value is -0.990. The summed E-state index contributed by atoms with van der Waals surface area (Å²) in [5, 5.41) is 0. The van der Waals surface area contributed by atoms with Gasteiger partial charge in [-0.2, -0.15) is 13.2 Å². The maximum absolute atomic E-state index is 14.4.